The van der Waals surface area contributed by atoms with Crippen LogP contribution in [-0.2, 0) is 0 Å². The van der Waals surface area contributed by atoms with E-state index in [4.69, 9.17) is 0 Å². The lowest BCUT2D eigenvalue weighted by Gasteiger charge is -2.07. The summed E-state index contributed by atoms with van der Waals surface area (Å²) in [4.78, 5) is 13.3. The van der Waals surface area contributed by atoms with Gasteiger partial charge in [0.05, 0.1) is 11.0 Å². The van der Waals surface area contributed by atoms with E-state index in [1.165, 1.54) is 11.1 Å². The Kier molecular flexibility index (Phi) is 3.56. The molecule has 0 aliphatic rings. The quantitative estimate of drug-likeness (QED) is 0.797. The highest BCUT2D eigenvalue weighted by atomic mass is 15.2. The second-order valence-electron chi connectivity index (χ2n) is 5.20. The molecule has 0 aliphatic carbocycles. The average Bonchev–Trinajstić information content (AvgIpc) is 2.89. The van der Waals surface area contributed by atoms with Gasteiger partial charge in [0.25, 0.3) is 0 Å². The number of hydrogen-bond acceptors (Lipinski definition) is 4. The van der Waals surface area contributed by atoms with Crippen molar-refractivity contribution in [2.75, 3.05) is 11.9 Å². The Hall–Kier alpha value is -2.43. The van der Waals surface area contributed by atoms with E-state index in [9.17, 15) is 0 Å². The standard InChI is InChI=1S/C16H19N5/c1-4-6-17-16-18-7-5-15(20-16)21-10-19-13-8-11(2)12(3)9-14(13)21/h5,7-10H,4,6H2,1-3H3,(H,17,18,20). The van der Waals surface area contributed by atoms with Crippen molar-refractivity contribution in [2.45, 2.75) is 27.2 Å². The van der Waals surface area contributed by atoms with E-state index in [1.54, 1.807) is 6.20 Å². The van der Waals surface area contributed by atoms with Gasteiger partial charge < -0.3 is 5.32 Å². The number of nitrogens with one attached hydrogen (secondary N) is 1. The summed E-state index contributed by atoms with van der Waals surface area (Å²) >= 11 is 0. The summed E-state index contributed by atoms with van der Waals surface area (Å²) < 4.78 is 2.00. The highest BCUT2D eigenvalue weighted by Crippen LogP contribution is 2.21. The topological polar surface area (TPSA) is 55.6 Å². The van der Waals surface area contributed by atoms with Crippen LogP contribution in [0.3, 0.4) is 0 Å². The molecular formula is C16H19N5. The number of benzene rings is 1. The van der Waals surface area contributed by atoms with Gasteiger partial charge in [0.1, 0.15) is 12.1 Å². The van der Waals surface area contributed by atoms with Gasteiger partial charge >= 0.3 is 0 Å². The Morgan fingerprint density at radius 3 is 2.76 bits per heavy atom. The minimum atomic E-state index is 0.653. The summed E-state index contributed by atoms with van der Waals surface area (Å²) in [6.45, 7) is 7.20. The van der Waals surface area contributed by atoms with E-state index in [-0.39, 0.29) is 0 Å². The molecule has 0 unspecified atom stereocenters. The van der Waals surface area contributed by atoms with E-state index in [1.807, 2.05) is 17.0 Å². The van der Waals surface area contributed by atoms with E-state index in [0.29, 0.717) is 5.95 Å². The van der Waals surface area contributed by atoms with Crippen LogP contribution < -0.4 is 5.32 Å². The van der Waals surface area contributed by atoms with E-state index in [0.717, 1.165) is 29.8 Å². The van der Waals surface area contributed by atoms with Crippen molar-refractivity contribution < 1.29 is 0 Å². The number of imidazole rings is 1. The summed E-state index contributed by atoms with van der Waals surface area (Å²) in [7, 11) is 0. The van der Waals surface area contributed by atoms with Gasteiger partial charge in [0.2, 0.25) is 5.95 Å². The smallest absolute Gasteiger partial charge is 0.224 e. The molecule has 1 aromatic carbocycles. The maximum absolute atomic E-state index is 4.56. The van der Waals surface area contributed by atoms with Gasteiger partial charge in [-0.3, -0.25) is 4.57 Å². The molecule has 1 N–H and O–H groups in total. The summed E-state index contributed by atoms with van der Waals surface area (Å²) in [5, 5.41) is 3.21. The number of hydrogen-bond donors (Lipinski definition) is 1. The Bertz CT molecular complexity index is 775. The van der Waals surface area contributed by atoms with Gasteiger partial charge in [-0.25, -0.2) is 9.97 Å². The number of nitrogens with zero attached hydrogens (tertiary/aromatic N) is 4. The summed E-state index contributed by atoms with van der Waals surface area (Å²) in [5.74, 6) is 1.48. The fraction of sp³-hybridized carbons (Fsp3) is 0.312. The average molecular weight is 281 g/mol. The molecular weight excluding hydrogens is 262 g/mol. The summed E-state index contributed by atoms with van der Waals surface area (Å²) in [5.41, 5.74) is 4.56. The molecule has 108 valence electrons. The lowest BCUT2D eigenvalue weighted by molar-refractivity contribution is 0.934. The second kappa shape index (κ2) is 5.52. The molecule has 0 saturated carbocycles. The Morgan fingerprint density at radius 2 is 1.95 bits per heavy atom. The normalized spacial score (nSPS) is 11.0. The first-order chi connectivity index (χ1) is 10.2. The zero-order valence-corrected chi connectivity index (χ0v) is 12.6. The third-order valence-electron chi connectivity index (χ3n) is 3.58. The van der Waals surface area contributed by atoms with Crippen molar-refractivity contribution in [3.63, 3.8) is 0 Å². The summed E-state index contributed by atoms with van der Waals surface area (Å²) in [6.07, 6.45) is 4.63. The van der Waals surface area contributed by atoms with Gasteiger partial charge in [-0.05, 0) is 49.6 Å². The number of aromatic nitrogens is 4. The van der Waals surface area contributed by atoms with Crippen LogP contribution in [0.15, 0.2) is 30.7 Å². The lowest BCUT2D eigenvalue weighted by atomic mass is 10.1. The van der Waals surface area contributed by atoms with Crippen molar-refractivity contribution in [1.29, 1.82) is 0 Å². The Labute approximate surface area is 124 Å². The minimum Gasteiger partial charge on any atom is -0.354 e. The van der Waals surface area contributed by atoms with Crippen LogP contribution in [0.5, 0.6) is 0 Å². The molecule has 0 radical (unpaired) electrons. The zero-order valence-electron chi connectivity index (χ0n) is 12.6. The molecule has 0 spiro atoms. The monoisotopic (exact) mass is 281 g/mol. The van der Waals surface area contributed by atoms with E-state index in [2.05, 4.69) is 53.2 Å². The molecule has 2 aromatic heterocycles. The number of fused-ring (bicyclic) bond motifs is 1. The van der Waals surface area contributed by atoms with Crippen LogP contribution in [0.2, 0.25) is 0 Å². The van der Waals surface area contributed by atoms with Crippen LogP contribution in [0.4, 0.5) is 5.95 Å². The third kappa shape index (κ3) is 2.59. The highest BCUT2D eigenvalue weighted by molar-refractivity contribution is 5.79. The summed E-state index contributed by atoms with van der Waals surface area (Å²) in [6, 6.07) is 6.16. The molecule has 21 heavy (non-hydrogen) atoms. The van der Waals surface area contributed by atoms with Crippen molar-refractivity contribution in [1.82, 2.24) is 19.5 Å². The molecule has 0 atom stereocenters. The first-order valence-corrected chi connectivity index (χ1v) is 7.20. The molecule has 0 fully saturated rings. The van der Waals surface area contributed by atoms with E-state index < -0.39 is 0 Å². The first kappa shape index (κ1) is 13.5. The third-order valence-corrected chi connectivity index (χ3v) is 3.58. The molecule has 5 nitrogen and oxygen atoms in total. The van der Waals surface area contributed by atoms with Crippen LogP contribution in [0.25, 0.3) is 16.9 Å². The maximum Gasteiger partial charge on any atom is 0.224 e. The van der Waals surface area contributed by atoms with Gasteiger partial charge in [0.15, 0.2) is 0 Å². The molecule has 0 aliphatic heterocycles. The van der Waals surface area contributed by atoms with Gasteiger partial charge in [-0.15, -0.1) is 0 Å². The van der Waals surface area contributed by atoms with Crippen LogP contribution in [0, 0.1) is 13.8 Å². The largest absolute Gasteiger partial charge is 0.354 e. The van der Waals surface area contributed by atoms with Crippen molar-refractivity contribution in [3.05, 3.63) is 41.9 Å². The van der Waals surface area contributed by atoms with Crippen LogP contribution in [0.1, 0.15) is 24.5 Å². The number of aryl methyl sites for hydroxylation is 2. The number of anilines is 1. The lowest BCUT2D eigenvalue weighted by Crippen LogP contribution is -2.06. The van der Waals surface area contributed by atoms with Crippen molar-refractivity contribution >= 4 is 17.0 Å². The molecule has 0 bridgehead atoms. The molecule has 3 aromatic rings. The fourth-order valence-corrected chi connectivity index (χ4v) is 2.25. The van der Waals surface area contributed by atoms with Crippen molar-refractivity contribution in [2.24, 2.45) is 0 Å². The molecule has 2 heterocycles. The minimum absolute atomic E-state index is 0.653. The molecule has 0 saturated heterocycles. The van der Waals surface area contributed by atoms with Gasteiger partial charge in [-0.2, -0.15) is 4.98 Å². The Balaban J connectivity index is 2.06. The molecule has 5 heteroatoms. The fourth-order valence-electron chi connectivity index (χ4n) is 2.25. The van der Waals surface area contributed by atoms with E-state index >= 15 is 0 Å². The van der Waals surface area contributed by atoms with Gasteiger partial charge in [-0.1, -0.05) is 6.92 Å². The predicted molar refractivity (Wildman–Crippen MR) is 84.9 cm³/mol. The van der Waals surface area contributed by atoms with Crippen molar-refractivity contribution in [3.8, 4) is 5.82 Å². The first-order valence-electron chi connectivity index (χ1n) is 7.20. The predicted octanol–water partition coefficient (Wildman–Crippen LogP) is 3.25. The molecule has 3 rings (SSSR count). The number of rotatable bonds is 4. The maximum atomic E-state index is 4.56. The van der Waals surface area contributed by atoms with Gasteiger partial charge in [0, 0.05) is 12.7 Å². The SMILES string of the molecule is CCCNc1nccc(-n2cnc3cc(C)c(C)cc32)n1. The highest BCUT2D eigenvalue weighted by Gasteiger charge is 2.08. The second-order valence-corrected chi connectivity index (χ2v) is 5.20. The van der Waals surface area contributed by atoms with Crippen LogP contribution >= 0.6 is 0 Å². The van der Waals surface area contributed by atoms with Crippen LogP contribution in [-0.4, -0.2) is 26.1 Å². The Morgan fingerprint density at radius 1 is 1.14 bits per heavy atom. The molecule has 0 amide bonds. The zero-order chi connectivity index (χ0) is 14.8.